The first kappa shape index (κ1) is 16.6. The first-order valence-electron chi connectivity index (χ1n) is 6.34. The van der Waals surface area contributed by atoms with Crippen LogP contribution in [0.5, 0.6) is 0 Å². The molecule has 1 aromatic rings. The number of sulfonamides is 1. The highest BCUT2D eigenvalue weighted by Gasteiger charge is 2.12. The molecule has 0 fully saturated rings. The van der Waals surface area contributed by atoms with Gasteiger partial charge in [0.15, 0.2) is 0 Å². The fourth-order valence-corrected chi connectivity index (χ4v) is 3.16. The molecule has 19 heavy (non-hydrogen) atoms. The topological polar surface area (TPSA) is 49.4 Å². The standard InChI is InChI=1S/C13H21BrN2O2S/c1-3-16(19(2,17)18)10-6-9-15-11-12-7-4-5-8-13(12)14/h4-5,7-8,15H,3,6,9-11H2,1-2H3. The molecule has 108 valence electrons. The molecular weight excluding hydrogens is 328 g/mol. The van der Waals surface area contributed by atoms with E-state index in [0.29, 0.717) is 13.1 Å². The van der Waals surface area contributed by atoms with Crippen LogP contribution >= 0.6 is 15.9 Å². The molecule has 0 heterocycles. The van der Waals surface area contributed by atoms with Crippen LogP contribution in [-0.2, 0) is 16.6 Å². The number of benzene rings is 1. The third kappa shape index (κ3) is 6.03. The van der Waals surface area contributed by atoms with Gasteiger partial charge < -0.3 is 5.32 Å². The van der Waals surface area contributed by atoms with Gasteiger partial charge in [-0.05, 0) is 24.6 Å². The maximum Gasteiger partial charge on any atom is 0.211 e. The second kappa shape index (κ2) is 7.99. The molecule has 1 rings (SSSR count). The van der Waals surface area contributed by atoms with E-state index in [9.17, 15) is 8.42 Å². The number of rotatable bonds is 8. The summed E-state index contributed by atoms with van der Waals surface area (Å²) in [7, 11) is -3.06. The zero-order valence-electron chi connectivity index (χ0n) is 11.4. The summed E-state index contributed by atoms with van der Waals surface area (Å²) >= 11 is 3.50. The first-order chi connectivity index (χ1) is 8.95. The van der Waals surface area contributed by atoms with Gasteiger partial charge in [-0.25, -0.2) is 12.7 Å². The predicted molar refractivity (Wildman–Crippen MR) is 82.6 cm³/mol. The smallest absolute Gasteiger partial charge is 0.211 e. The highest BCUT2D eigenvalue weighted by molar-refractivity contribution is 9.10. The van der Waals surface area contributed by atoms with Gasteiger partial charge in [-0.2, -0.15) is 0 Å². The highest BCUT2D eigenvalue weighted by atomic mass is 79.9. The van der Waals surface area contributed by atoms with E-state index in [-0.39, 0.29) is 0 Å². The van der Waals surface area contributed by atoms with Crippen LogP contribution in [0.4, 0.5) is 0 Å². The predicted octanol–water partition coefficient (Wildman–Crippen LogP) is 2.21. The second-order valence-electron chi connectivity index (χ2n) is 4.38. The Bertz CT molecular complexity index is 491. The molecular formula is C13H21BrN2O2S. The molecule has 0 unspecified atom stereocenters. The normalized spacial score (nSPS) is 12.0. The van der Waals surface area contributed by atoms with E-state index in [1.54, 1.807) is 0 Å². The van der Waals surface area contributed by atoms with Crippen molar-refractivity contribution in [1.82, 2.24) is 9.62 Å². The first-order valence-corrected chi connectivity index (χ1v) is 8.98. The molecule has 0 aliphatic rings. The van der Waals surface area contributed by atoms with E-state index < -0.39 is 10.0 Å². The van der Waals surface area contributed by atoms with Gasteiger partial charge in [-0.3, -0.25) is 0 Å². The summed E-state index contributed by atoms with van der Waals surface area (Å²) in [5.74, 6) is 0. The molecule has 0 radical (unpaired) electrons. The lowest BCUT2D eigenvalue weighted by atomic mass is 10.2. The van der Waals surface area contributed by atoms with Crippen LogP contribution in [0.1, 0.15) is 18.9 Å². The Labute approximate surface area is 124 Å². The van der Waals surface area contributed by atoms with Gasteiger partial charge in [0.2, 0.25) is 10.0 Å². The van der Waals surface area contributed by atoms with Crippen LogP contribution in [-0.4, -0.2) is 38.6 Å². The van der Waals surface area contributed by atoms with Crippen molar-refractivity contribution in [2.75, 3.05) is 25.9 Å². The molecule has 0 atom stereocenters. The Morgan fingerprint density at radius 3 is 2.58 bits per heavy atom. The lowest BCUT2D eigenvalue weighted by Gasteiger charge is -2.17. The number of nitrogens with one attached hydrogen (secondary N) is 1. The molecule has 0 saturated heterocycles. The van der Waals surface area contributed by atoms with Crippen LogP contribution in [0.3, 0.4) is 0 Å². The molecule has 6 heteroatoms. The minimum atomic E-state index is -3.06. The Kier molecular flexibility index (Phi) is 6.99. The minimum Gasteiger partial charge on any atom is -0.313 e. The maximum absolute atomic E-state index is 11.4. The van der Waals surface area contributed by atoms with E-state index in [1.165, 1.54) is 16.1 Å². The largest absolute Gasteiger partial charge is 0.313 e. The van der Waals surface area contributed by atoms with Gasteiger partial charge >= 0.3 is 0 Å². The summed E-state index contributed by atoms with van der Waals surface area (Å²) in [4.78, 5) is 0. The second-order valence-corrected chi connectivity index (χ2v) is 7.21. The van der Waals surface area contributed by atoms with Crippen molar-refractivity contribution in [3.63, 3.8) is 0 Å². The van der Waals surface area contributed by atoms with Gasteiger partial charge in [0, 0.05) is 24.1 Å². The summed E-state index contributed by atoms with van der Waals surface area (Å²) in [6.07, 6.45) is 2.07. The van der Waals surface area contributed by atoms with Crippen LogP contribution in [0, 0.1) is 0 Å². The number of nitrogens with zero attached hydrogens (tertiary/aromatic N) is 1. The van der Waals surface area contributed by atoms with Crippen molar-refractivity contribution in [2.24, 2.45) is 0 Å². The number of hydrogen-bond acceptors (Lipinski definition) is 3. The summed E-state index contributed by atoms with van der Waals surface area (Å²) in [6.45, 7) is 4.54. The van der Waals surface area contributed by atoms with Crippen molar-refractivity contribution >= 4 is 26.0 Å². The molecule has 0 bridgehead atoms. The maximum atomic E-state index is 11.4. The molecule has 1 aromatic carbocycles. The van der Waals surface area contributed by atoms with Crippen LogP contribution in [0.25, 0.3) is 0 Å². The van der Waals surface area contributed by atoms with E-state index in [1.807, 2.05) is 25.1 Å². The molecule has 0 aliphatic heterocycles. The molecule has 0 aliphatic carbocycles. The molecule has 0 amide bonds. The van der Waals surface area contributed by atoms with Gasteiger partial charge in [-0.1, -0.05) is 41.1 Å². The molecule has 4 nitrogen and oxygen atoms in total. The van der Waals surface area contributed by atoms with Gasteiger partial charge in [0.25, 0.3) is 0 Å². The third-order valence-corrected chi connectivity index (χ3v) is 5.01. The summed E-state index contributed by atoms with van der Waals surface area (Å²) in [5.41, 5.74) is 1.21. The van der Waals surface area contributed by atoms with Crippen LogP contribution in [0.2, 0.25) is 0 Å². The number of hydrogen-bond donors (Lipinski definition) is 1. The fraction of sp³-hybridized carbons (Fsp3) is 0.538. The zero-order valence-corrected chi connectivity index (χ0v) is 13.8. The average molecular weight is 349 g/mol. The van der Waals surface area contributed by atoms with Crippen molar-refractivity contribution in [1.29, 1.82) is 0 Å². The fourth-order valence-electron chi connectivity index (χ4n) is 1.80. The molecule has 0 spiro atoms. The van der Waals surface area contributed by atoms with E-state index in [0.717, 1.165) is 24.0 Å². The van der Waals surface area contributed by atoms with Gasteiger partial charge in [0.1, 0.15) is 0 Å². The lowest BCUT2D eigenvalue weighted by molar-refractivity contribution is 0.419. The van der Waals surface area contributed by atoms with Crippen LogP contribution in [0.15, 0.2) is 28.7 Å². The van der Waals surface area contributed by atoms with Crippen LogP contribution < -0.4 is 5.32 Å². The SMILES string of the molecule is CCN(CCCNCc1ccccc1Br)S(C)(=O)=O. The Morgan fingerprint density at radius 1 is 1.32 bits per heavy atom. The van der Waals surface area contributed by atoms with E-state index in [2.05, 4.69) is 27.3 Å². The Hall–Kier alpha value is -0.430. The van der Waals surface area contributed by atoms with E-state index >= 15 is 0 Å². The van der Waals surface area contributed by atoms with E-state index in [4.69, 9.17) is 0 Å². The summed E-state index contributed by atoms with van der Waals surface area (Å²) in [6, 6.07) is 8.06. The monoisotopic (exact) mass is 348 g/mol. The van der Waals surface area contributed by atoms with Crippen molar-refractivity contribution in [3.05, 3.63) is 34.3 Å². The number of halogens is 1. The van der Waals surface area contributed by atoms with Crippen molar-refractivity contribution in [3.8, 4) is 0 Å². The van der Waals surface area contributed by atoms with Crippen molar-refractivity contribution < 1.29 is 8.42 Å². The summed E-state index contributed by atoms with van der Waals surface area (Å²) in [5, 5.41) is 3.32. The average Bonchev–Trinajstić information content (AvgIpc) is 2.34. The Balaban J connectivity index is 2.27. The van der Waals surface area contributed by atoms with Gasteiger partial charge in [0.05, 0.1) is 6.26 Å². The summed E-state index contributed by atoms with van der Waals surface area (Å²) < 4.78 is 25.4. The quantitative estimate of drug-likeness (QED) is 0.732. The van der Waals surface area contributed by atoms with Gasteiger partial charge in [-0.15, -0.1) is 0 Å². The third-order valence-electron chi connectivity index (χ3n) is 2.86. The molecule has 0 saturated carbocycles. The molecule has 1 N–H and O–H groups in total. The Morgan fingerprint density at radius 2 is 2.00 bits per heavy atom. The molecule has 0 aromatic heterocycles. The lowest BCUT2D eigenvalue weighted by Crippen LogP contribution is -2.32. The highest BCUT2D eigenvalue weighted by Crippen LogP contribution is 2.15. The minimum absolute atomic E-state index is 0.531. The van der Waals surface area contributed by atoms with Crippen molar-refractivity contribution in [2.45, 2.75) is 19.9 Å². The zero-order chi connectivity index (χ0) is 14.3.